The van der Waals surface area contributed by atoms with E-state index in [-0.39, 0.29) is 5.69 Å². The highest BCUT2D eigenvalue weighted by Crippen LogP contribution is 2.28. The highest BCUT2D eigenvalue weighted by atomic mass is 19.1. The summed E-state index contributed by atoms with van der Waals surface area (Å²) in [6.07, 6.45) is 4.37. The van der Waals surface area contributed by atoms with Gasteiger partial charge in [-0.3, -0.25) is 9.78 Å². The summed E-state index contributed by atoms with van der Waals surface area (Å²) in [7, 11) is 0. The average molecular weight is 362 g/mol. The summed E-state index contributed by atoms with van der Waals surface area (Å²) < 4.78 is 27.3. The summed E-state index contributed by atoms with van der Waals surface area (Å²) in [5.74, 6) is -1.53. The predicted molar refractivity (Wildman–Crippen MR) is 97.1 cm³/mol. The fourth-order valence-corrected chi connectivity index (χ4v) is 2.76. The van der Waals surface area contributed by atoms with Gasteiger partial charge in [-0.05, 0) is 23.8 Å². The number of nitrogens with zero attached hydrogens (tertiary/aromatic N) is 3. The molecule has 2 aromatic carbocycles. The summed E-state index contributed by atoms with van der Waals surface area (Å²) in [6.45, 7) is 0. The van der Waals surface area contributed by atoms with Gasteiger partial charge in [0.2, 0.25) is 0 Å². The zero-order valence-electron chi connectivity index (χ0n) is 13.9. The molecule has 0 atom stereocenters. The Balaban J connectivity index is 1.78. The van der Waals surface area contributed by atoms with E-state index in [4.69, 9.17) is 0 Å². The van der Waals surface area contributed by atoms with E-state index in [9.17, 15) is 13.6 Å². The molecule has 1 N–H and O–H groups in total. The van der Waals surface area contributed by atoms with Crippen molar-refractivity contribution in [1.82, 2.24) is 15.0 Å². The van der Waals surface area contributed by atoms with E-state index in [0.29, 0.717) is 22.5 Å². The zero-order valence-corrected chi connectivity index (χ0v) is 13.9. The zero-order chi connectivity index (χ0) is 18.8. The Morgan fingerprint density at radius 3 is 2.52 bits per heavy atom. The normalized spacial score (nSPS) is 10.7. The summed E-state index contributed by atoms with van der Waals surface area (Å²) in [5, 5.41) is 3.35. The van der Waals surface area contributed by atoms with Crippen molar-refractivity contribution in [2.45, 2.75) is 0 Å². The number of amides is 1. The van der Waals surface area contributed by atoms with Crippen LogP contribution in [0.3, 0.4) is 0 Å². The maximum Gasteiger partial charge on any atom is 0.275 e. The third kappa shape index (κ3) is 3.48. The second-order valence-electron chi connectivity index (χ2n) is 5.78. The summed E-state index contributed by atoms with van der Waals surface area (Å²) >= 11 is 0. The lowest BCUT2D eigenvalue weighted by atomic mass is 10.0. The number of benzene rings is 2. The van der Waals surface area contributed by atoms with Gasteiger partial charge in [0.15, 0.2) is 5.82 Å². The molecule has 0 aliphatic rings. The first-order chi connectivity index (χ1) is 13.1. The molecule has 2 aromatic heterocycles. The average Bonchev–Trinajstić information content (AvgIpc) is 2.67. The lowest BCUT2D eigenvalue weighted by Gasteiger charge is -2.09. The van der Waals surface area contributed by atoms with Gasteiger partial charge in [-0.15, -0.1) is 0 Å². The molecule has 0 aliphatic carbocycles. The molecule has 0 aliphatic heterocycles. The Hall–Kier alpha value is -3.74. The topological polar surface area (TPSA) is 67.8 Å². The number of pyridine rings is 1. The number of para-hydroxylation sites is 1. The molecule has 2 heterocycles. The first-order valence-corrected chi connectivity index (χ1v) is 8.04. The van der Waals surface area contributed by atoms with Gasteiger partial charge in [-0.1, -0.05) is 24.3 Å². The number of carbonyl (C=O) groups is 1. The van der Waals surface area contributed by atoms with Crippen molar-refractivity contribution in [2.75, 3.05) is 5.32 Å². The minimum Gasteiger partial charge on any atom is -0.304 e. The van der Waals surface area contributed by atoms with Crippen LogP contribution in [0.2, 0.25) is 0 Å². The standard InChI is InChI=1S/C20H12F2N4O/c21-14-8-13(9-15(22)10-14)16-3-1-2-12-4-5-17(25-19(12)16)20(27)26-18-11-23-6-7-24-18/h1-11H,(H,24,26,27). The van der Waals surface area contributed by atoms with Crippen molar-refractivity contribution in [2.24, 2.45) is 0 Å². The van der Waals surface area contributed by atoms with Crippen LogP contribution in [0.25, 0.3) is 22.0 Å². The Kier molecular flexibility index (Phi) is 4.25. The van der Waals surface area contributed by atoms with Gasteiger partial charge in [0.25, 0.3) is 5.91 Å². The molecule has 7 heteroatoms. The Bertz CT molecular complexity index is 1130. The van der Waals surface area contributed by atoms with Gasteiger partial charge in [-0.25, -0.2) is 18.7 Å². The fraction of sp³-hybridized carbons (Fsp3) is 0. The van der Waals surface area contributed by atoms with Crippen LogP contribution in [0.1, 0.15) is 10.5 Å². The Morgan fingerprint density at radius 1 is 0.963 bits per heavy atom. The summed E-state index contributed by atoms with van der Waals surface area (Å²) in [5.41, 5.74) is 1.49. The van der Waals surface area contributed by atoms with Gasteiger partial charge in [0, 0.05) is 29.4 Å². The van der Waals surface area contributed by atoms with Crippen LogP contribution in [0, 0.1) is 11.6 Å². The minimum atomic E-state index is -0.682. The molecule has 0 spiro atoms. The van der Waals surface area contributed by atoms with Crippen LogP contribution in [0.4, 0.5) is 14.6 Å². The number of carbonyl (C=O) groups excluding carboxylic acids is 1. The van der Waals surface area contributed by atoms with Crippen LogP contribution < -0.4 is 5.32 Å². The van der Waals surface area contributed by atoms with Crippen molar-refractivity contribution in [3.05, 3.63) is 84.4 Å². The third-order valence-corrected chi connectivity index (χ3v) is 3.93. The number of rotatable bonds is 3. The summed E-state index contributed by atoms with van der Waals surface area (Å²) in [4.78, 5) is 24.7. The van der Waals surface area contributed by atoms with Crippen molar-refractivity contribution in [3.8, 4) is 11.1 Å². The SMILES string of the molecule is O=C(Nc1cnccn1)c1ccc2cccc(-c3cc(F)cc(F)c3)c2n1. The smallest absolute Gasteiger partial charge is 0.275 e. The van der Waals surface area contributed by atoms with Gasteiger partial charge >= 0.3 is 0 Å². The molecule has 0 saturated carbocycles. The molecule has 0 saturated heterocycles. The predicted octanol–water partition coefficient (Wildman–Crippen LogP) is 4.22. The molecular formula is C20H12F2N4O. The maximum absolute atomic E-state index is 13.6. The van der Waals surface area contributed by atoms with Crippen LogP contribution in [-0.4, -0.2) is 20.9 Å². The van der Waals surface area contributed by atoms with Crippen molar-refractivity contribution in [1.29, 1.82) is 0 Å². The molecule has 0 fully saturated rings. The van der Waals surface area contributed by atoms with Crippen molar-refractivity contribution < 1.29 is 13.6 Å². The molecule has 4 rings (SSSR count). The second-order valence-corrected chi connectivity index (χ2v) is 5.78. The Morgan fingerprint density at radius 2 is 1.78 bits per heavy atom. The maximum atomic E-state index is 13.6. The molecule has 132 valence electrons. The van der Waals surface area contributed by atoms with E-state index < -0.39 is 17.5 Å². The van der Waals surface area contributed by atoms with Crippen molar-refractivity contribution >= 4 is 22.6 Å². The molecule has 5 nitrogen and oxygen atoms in total. The van der Waals surface area contributed by atoms with Gasteiger partial charge in [0.05, 0.1) is 11.7 Å². The molecule has 0 unspecified atom stereocenters. The first-order valence-electron chi connectivity index (χ1n) is 8.04. The third-order valence-electron chi connectivity index (χ3n) is 3.93. The van der Waals surface area contributed by atoms with E-state index in [0.717, 1.165) is 11.5 Å². The van der Waals surface area contributed by atoms with Crippen LogP contribution >= 0.6 is 0 Å². The quantitative estimate of drug-likeness (QED) is 0.592. The molecule has 1 amide bonds. The monoisotopic (exact) mass is 362 g/mol. The van der Waals surface area contributed by atoms with Gasteiger partial charge in [0.1, 0.15) is 17.3 Å². The lowest BCUT2D eigenvalue weighted by molar-refractivity contribution is 0.102. The molecule has 0 radical (unpaired) electrons. The molecular weight excluding hydrogens is 350 g/mol. The lowest BCUT2D eigenvalue weighted by Crippen LogP contribution is -2.14. The number of halogens is 2. The van der Waals surface area contributed by atoms with Gasteiger partial charge in [-0.2, -0.15) is 0 Å². The van der Waals surface area contributed by atoms with E-state index in [1.165, 1.54) is 30.7 Å². The van der Waals surface area contributed by atoms with E-state index >= 15 is 0 Å². The van der Waals surface area contributed by atoms with E-state index in [1.807, 2.05) is 6.07 Å². The van der Waals surface area contributed by atoms with Crippen LogP contribution in [0.5, 0.6) is 0 Å². The van der Waals surface area contributed by atoms with Crippen LogP contribution in [-0.2, 0) is 0 Å². The van der Waals surface area contributed by atoms with Gasteiger partial charge < -0.3 is 5.32 Å². The number of hydrogen-bond donors (Lipinski definition) is 1. The highest BCUT2D eigenvalue weighted by molar-refractivity contribution is 6.04. The highest BCUT2D eigenvalue weighted by Gasteiger charge is 2.13. The van der Waals surface area contributed by atoms with Crippen molar-refractivity contribution in [3.63, 3.8) is 0 Å². The number of aromatic nitrogens is 3. The fourth-order valence-electron chi connectivity index (χ4n) is 2.76. The number of anilines is 1. The minimum absolute atomic E-state index is 0.150. The van der Waals surface area contributed by atoms with Crippen LogP contribution in [0.15, 0.2) is 67.1 Å². The first kappa shape index (κ1) is 16.7. The molecule has 0 bridgehead atoms. The number of hydrogen-bond acceptors (Lipinski definition) is 4. The largest absolute Gasteiger partial charge is 0.304 e. The summed E-state index contributed by atoms with van der Waals surface area (Å²) in [6, 6.07) is 11.8. The van der Waals surface area contributed by atoms with E-state index in [1.54, 1.807) is 24.3 Å². The molecule has 27 heavy (non-hydrogen) atoms. The number of fused-ring (bicyclic) bond motifs is 1. The van der Waals surface area contributed by atoms with E-state index in [2.05, 4.69) is 20.3 Å². The Labute approximate surface area is 152 Å². The second kappa shape index (κ2) is 6.87. The number of nitrogens with one attached hydrogen (secondary N) is 1. The molecule has 4 aromatic rings.